The van der Waals surface area contributed by atoms with Gasteiger partial charge in [0.05, 0.1) is 11.1 Å². The van der Waals surface area contributed by atoms with E-state index in [1.165, 1.54) is 6.26 Å². The first-order chi connectivity index (χ1) is 7.27. The maximum Gasteiger partial charge on any atom is 0.417 e. The van der Waals surface area contributed by atoms with E-state index in [2.05, 4.69) is 0 Å². The molecular formula is C9H6F4O2S. The molecule has 0 saturated carbocycles. The monoisotopic (exact) mass is 254 g/mol. The number of aromatic carboxylic acids is 1. The molecule has 0 bridgehead atoms. The Bertz CT molecular complexity index is 428. The normalized spacial score (nSPS) is 11.6. The Morgan fingerprint density at radius 2 is 1.94 bits per heavy atom. The highest BCUT2D eigenvalue weighted by Gasteiger charge is 2.37. The largest absolute Gasteiger partial charge is 0.478 e. The van der Waals surface area contributed by atoms with Crippen molar-refractivity contribution in [2.45, 2.75) is 11.1 Å². The van der Waals surface area contributed by atoms with Crippen LogP contribution in [-0.4, -0.2) is 17.3 Å². The Labute approximate surface area is 92.3 Å². The maximum atomic E-state index is 12.9. The van der Waals surface area contributed by atoms with Crippen molar-refractivity contribution in [1.29, 1.82) is 0 Å². The van der Waals surface area contributed by atoms with Gasteiger partial charge in [0.1, 0.15) is 5.82 Å². The van der Waals surface area contributed by atoms with Gasteiger partial charge in [-0.3, -0.25) is 0 Å². The predicted molar refractivity (Wildman–Crippen MR) is 50.1 cm³/mol. The number of hydrogen-bond acceptors (Lipinski definition) is 2. The minimum Gasteiger partial charge on any atom is -0.478 e. The molecule has 0 radical (unpaired) electrons. The number of hydrogen-bond donors (Lipinski definition) is 1. The van der Waals surface area contributed by atoms with E-state index in [9.17, 15) is 22.4 Å². The van der Waals surface area contributed by atoms with Gasteiger partial charge in [-0.1, -0.05) is 0 Å². The molecule has 7 heteroatoms. The fourth-order valence-corrected chi connectivity index (χ4v) is 1.82. The minimum absolute atomic E-state index is 0.184. The van der Waals surface area contributed by atoms with Gasteiger partial charge < -0.3 is 5.11 Å². The van der Waals surface area contributed by atoms with E-state index in [4.69, 9.17) is 5.11 Å². The number of carboxylic acids is 1. The first-order valence-corrected chi connectivity index (χ1v) is 5.18. The first-order valence-electron chi connectivity index (χ1n) is 3.95. The summed E-state index contributed by atoms with van der Waals surface area (Å²) in [4.78, 5) is 10.5. The van der Waals surface area contributed by atoms with Crippen molar-refractivity contribution in [3.05, 3.63) is 29.1 Å². The highest BCUT2D eigenvalue weighted by Crippen LogP contribution is 2.36. The fourth-order valence-electron chi connectivity index (χ4n) is 1.19. The Balaban J connectivity index is 3.57. The Kier molecular flexibility index (Phi) is 3.47. The van der Waals surface area contributed by atoms with Gasteiger partial charge in [-0.15, -0.1) is 11.8 Å². The van der Waals surface area contributed by atoms with E-state index >= 15 is 0 Å². The lowest BCUT2D eigenvalue weighted by Crippen LogP contribution is -2.14. The molecule has 0 heterocycles. The topological polar surface area (TPSA) is 37.3 Å². The molecule has 0 amide bonds. The van der Waals surface area contributed by atoms with Crippen molar-refractivity contribution in [1.82, 2.24) is 0 Å². The van der Waals surface area contributed by atoms with Crippen LogP contribution < -0.4 is 0 Å². The van der Waals surface area contributed by atoms with Crippen molar-refractivity contribution in [2.75, 3.05) is 6.26 Å². The fraction of sp³-hybridized carbons (Fsp3) is 0.222. The summed E-state index contributed by atoms with van der Waals surface area (Å²) in [5, 5.41) is 8.70. The van der Waals surface area contributed by atoms with Crippen LogP contribution in [-0.2, 0) is 6.18 Å². The van der Waals surface area contributed by atoms with Crippen LogP contribution in [0.4, 0.5) is 17.6 Å². The van der Waals surface area contributed by atoms with Crippen LogP contribution in [0.1, 0.15) is 15.9 Å². The quantitative estimate of drug-likeness (QED) is 0.650. The SMILES string of the molecule is CSc1cc(F)cc(C(F)(F)F)c1C(=O)O. The summed E-state index contributed by atoms with van der Waals surface area (Å²) < 4.78 is 50.3. The molecular weight excluding hydrogens is 248 g/mol. The number of carbonyl (C=O) groups is 1. The third kappa shape index (κ3) is 2.46. The van der Waals surface area contributed by atoms with Gasteiger partial charge in [0.25, 0.3) is 0 Å². The molecule has 0 saturated heterocycles. The Morgan fingerprint density at radius 3 is 2.31 bits per heavy atom. The zero-order valence-corrected chi connectivity index (χ0v) is 8.75. The third-order valence-electron chi connectivity index (χ3n) is 1.81. The number of halogens is 4. The molecule has 0 aliphatic rings. The molecule has 2 nitrogen and oxygen atoms in total. The summed E-state index contributed by atoms with van der Waals surface area (Å²) in [6.45, 7) is 0. The average molecular weight is 254 g/mol. The van der Waals surface area contributed by atoms with E-state index in [-0.39, 0.29) is 11.0 Å². The highest BCUT2D eigenvalue weighted by atomic mass is 32.2. The van der Waals surface area contributed by atoms with Gasteiger partial charge in [-0.25, -0.2) is 9.18 Å². The van der Waals surface area contributed by atoms with Crippen molar-refractivity contribution >= 4 is 17.7 Å². The van der Waals surface area contributed by atoms with Crippen LogP contribution in [0.15, 0.2) is 17.0 Å². The lowest BCUT2D eigenvalue weighted by atomic mass is 10.1. The van der Waals surface area contributed by atoms with Crippen LogP contribution in [0.3, 0.4) is 0 Å². The first kappa shape index (κ1) is 12.8. The number of benzene rings is 1. The molecule has 0 fully saturated rings. The molecule has 1 aromatic rings. The summed E-state index contributed by atoms with van der Waals surface area (Å²) in [5.41, 5.74) is -2.38. The van der Waals surface area contributed by atoms with Crippen LogP contribution in [0, 0.1) is 5.82 Å². The third-order valence-corrected chi connectivity index (χ3v) is 2.57. The van der Waals surface area contributed by atoms with Gasteiger partial charge in [0.2, 0.25) is 0 Å². The molecule has 0 aromatic heterocycles. The van der Waals surface area contributed by atoms with Crippen LogP contribution in [0.5, 0.6) is 0 Å². The molecule has 0 atom stereocenters. The van der Waals surface area contributed by atoms with Gasteiger partial charge in [0.15, 0.2) is 0 Å². The molecule has 0 aliphatic carbocycles. The van der Waals surface area contributed by atoms with Gasteiger partial charge >= 0.3 is 12.1 Å². The number of carboxylic acid groups (broad SMARTS) is 1. The second-order valence-electron chi connectivity index (χ2n) is 2.83. The van der Waals surface area contributed by atoms with Crippen molar-refractivity contribution in [3.63, 3.8) is 0 Å². The van der Waals surface area contributed by atoms with E-state index in [1.54, 1.807) is 0 Å². The molecule has 1 N–H and O–H groups in total. The van der Waals surface area contributed by atoms with Crippen LogP contribution in [0.2, 0.25) is 0 Å². The van der Waals surface area contributed by atoms with Gasteiger partial charge in [0, 0.05) is 4.90 Å². The Morgan fingerprint density at radius 1 is 1.38 bits per heavy atom. The molecule has 88 valence electrons. The van der Waals surface area contributed by atoms with E-state index in [1.807, 2.05) is 0 Å². The maximum absolute atomic E-state index is 12.9. The molecule has 1 rings (SSSR count). The molecule has 0 aliphatic heterocycles. The summed E-state index contributed by atoms with van der Waals surface area (Å²) >= 11 is 0.747. The number of alkyl halides is 3. The van der Waals surface area contributed by atoms with E-state index in [0.29, 0.717) is 0 Å². The lowest BCUT2D eigenvalue weighted by molar-refractivity contribution is -0.138. The van der Waals surface area contributed by atoms with Crippen LogP contribution >= 0.6 is 11.8 Å². The molecule has 1 aromatic carbocycles. The summed E-state index contributed by atoms with van der Waals surface area (Å²) in [7, 11) is 0. The number of thioether (sulfide) groups is 1. The van der Waals surface area contributed by atoms with Gasteiger partial charge in [-0.05, 0) is 18.4 Å². The van der Waals surface area contributed by atoms with Crippen molar-refractivity contribution in [2.24, 2.45) is 0 Å². The van der Waals surface area contributed by atoms with E-state index in [0.717, 1.165) is 17.8 Å². The number of rotatable bonds is 2. The van der Waals surface area contributed by atoms with E-state index < -0.39 is 29.1 Å². The van der Waals surface area contributed by atoms with Gasteiger partial charge in [-0.2, -0.15) is 13.2 Å². The summed E-state index contributed by atoms with van der Waals surface area (Å²) in [6, 6.07) is 0.951. The zero-order chi connectivity index (χ0) is 12.5. The minimum atomic E-state index is -4.89. The van der Waals surface area contributed by atoms with Crippen molar-refractivity contribution < 1.29 is 27.5 Å². The summed E-state index contributed by atoms with van der Waals surface area (Å²) in [6.07, 6.45) is -3.51. The highest BCUT2D eigenvalue weighted by molar-refractivity contribution is 7.98. The van der Waals surface area contributed by atoms with Crippen LogP contribution in [0.25, 0.3) is 0 Å². The lowest BCUT2D eigenvalue weighted by Gasteiger charge is -2.13. The second-order valence-corrected chi connectivity index (χ2v) is 3.68. The molecule has 16 heavy (non-hydrogen) atoms. The smallest absolute Gasteiger partial charge is 0.417 e. The van der Waals surface area contributed by atoms with Crippen molar-refractivity contribution in [3.8, 4) is 0 Å². The standard InChI is InChI=1S/C9H6F4O2S/c1-16-6-3-4(10)2-5(9(11,12)13)7(6)8(14)15/h2-3H,1H3,(H,14,15). The summed E-state index contributed by atoms with van der Waals surface area (Å²) in [5.74, 6) is -2.83. The predicted octanol–water partition coefficient (Wildman–Crippen LogP) is 3.26. The average Bonchev–Trinajstić information content (AvgIpc) is 2.14. The molecule has 0 unspecified atom stereocenters. The Hall–Kier alpha value is -1.24. The second kappa shape index (κ2) is 4.32. The zero-order valence-electron chi connectivity index (χ0n) is 7.93. The molecule has 0 spiro atoms.